The van der Waals surface area contributed by atoms with E-state index in [0.717, 1.165) is 24.9 Å². The summed E-state index contributed by atoms with van der Waals surface area (Å²) in [5.41, 5.74) is 1.55. The van der Waals surface area contributed by atoms with Crippen molar-refractivity contribution in [3.05, 3.63) is 47.8 Å². The molecule has 0 saturated heterocycles. The van der Waals surface area contributed by atoms with Crippen molar-refractivity contribution in [2.24, 2.45) is 0 Å². The van der Waals surface area contributed by atoms with Gasteiger partial charge in [-0.3, -0.25) is 19.1 Å². The molecule has 0 radical (unpaired) electrons. The van der Waals surface area contributed by atoms with E-state index < -0.39 is 12.1 Å². The highest BCUT2D eigenvalue weighted by Gasteiger charge is 2.27. The van der Waals surface area contributed by atoms with E-state index >= 15 is 0 Å². The maximum absolute atomic E-state index is 13.2. The second-order valence-corrected chi connectivity index (χ2v) is 8.96. The van der Waals surface area contributed by atoms with Crippen molar-refractivity contribution >= 4 is 17.7 Å². The van der Waals surface area contributed by atoms with Gasteiger partial charge in [0.15, 0.2) is 0 Å². The normalized spacial score (nSPS) is 20.1. The number of benzene rings is 1. The second kappa shape index (κ2) is 12.8. The molecule has 10 nitrogen and oxygen atoms in total. The predicted octanol–water partition coefficient (Wildman–Crippen LogP) is 0.632. The number of aromatic nitrogens is 3. The Morgan fingerprint density at radius 2 is 1.82 bits per heavy atom. The highest BCUT2D eigenvalue weighted by Crippen LogP contribution is 2.08. The number of nitrogens with zero attached hydrogens (tertiary/aromatic N) is 4. The van der Waals surface area contributed by atoms with Crippen molar-refractivity contribution in [3.63, 3.8) is 0 Å². The Morgan fingerprint density at radius 3 is 2.59 bits per heavy atom. The molecule has 184 valence electrons. The summed E-state index contributed by atoms with van der Waals surface area (Å²) >= 11 is 0. The summed E-state index contributed by atoms with van der Waals surface area (Å²) in [4.78, 5) is 41.0. The summed E-state index contributed by atoms with van der Waals surface area (Å²) in [5, 5.41) is 16.8. The van der Waals surface area contributed by atoms with E-state index in [9.17, 15) is 14.4 Å². The minimum atomic E-state index is -0.781. The van der Waals surface area contributed by atoms with Crippen LogP contribution < -0.4 is 16.0 Å². The molecule has 0 saturated carbocycles. The molecule has 1 aromatic heterocycles. The lowest BCUT2D eigenvalue weighted by atomic mass is 10.0. The van der Waals surface area contributed by atoms with Crippen LogP contribution in [-0.2, 0) is 33.9 Å². The number of fused-ring (bicyclic) bond motifs is 2. The maximum atomic E-state index is 13.2. The third-order valence-corrected chi connectivity index (χ3v) is 5.74. The molecular formula is C24H35N7O3. The number of nitrogens with one attached hydrogen (secondary N) is 3. The number of unbranched alkanes of at least 4 members (excludes halogenated alkanes) is 1. The van der Waals surface area contributed by atoms with Gasteiger partial charge in [-0.2, -0.15) is 0 Å². The molecule has 10 heteroatoms. The molecule has 3 N–H and O–H groups in total. The van der Waals surface area contributed by atoms with Crippen LogP contribution in [0.15, 0.2) is 36.5 Å². The average Bonchev–Trinajstić information content (AvgIpc) is 3.26. The van der Waals surface area contributed by atoms with Crippen LogP contribution in [0.5, 0.6) is 0 Å². The lowest BCUT2D eigenvalue weighted by molar-refractivity contribution is -0.132. The second-order valence-electron chi connectivity index (χ2n) is 8.96. The smallest absolute Gasteiger partial charge is 0.243 e. The van der Waals surface area contributed by atoms with Crippen LogP contribution in [0.4, 0.5) is 0 Å². The van der Waals surface area contributed by atoms with E-state index in [4.69, 9.17) is 0 Å². The molecule has 1 aliphatic heterocycles. The van der Waals surface area contributed by atoms with Gasteiger partial charge in [-0.15, -0.1) is 5.10 Å². The largest absolute Gasteiger partial charge is 0.349 e. The molecule has 2 heterocycles. The molecular weight excluding hydrogens is 434 g/mol. The fourth-order valence-corrected chi connectivity index (χ4v) is 3.87. The number of aryl methyl sites for hydroxylation is 1. The Kier molecular flexibility index (Phi) is 9.57. The lowest BCUT2D eigenvalue weighted by Crippen LogP contribution is -2.54. The van der Waals surface area contributed by atoms with Crippen LogP contribution in [0.2, 0.25) is 0 Å². The molecule has 0 spiro atoms. The molecule has 3 rings (SSSR count). The van der Waals surface area contributed by atoms with Gasteiger partial charge in [0.2, 0.25) is 17.7 Å². The molecule has 1 aliphatic rings. The van der Waals surface area contributed by atoms with Crippen molar-refractivity contribution in [3.8, 4) is 0 Å². The fourth-order valence-electron chi connectivity index (χ4n) is 3.87. The highest BCUT2D eigenvalue weighted by molar-refractivity contribution is 5.92. The van der Waals surface area contributed by atoms with Crippen molar-refractivity contribution in [2.75, 3.05) is 20.6 Å². The molecule has 2 aromatic rings. The Bertz CT molecular complexity index is 945. The van der Waals surface area contributed by atoms with E-state index in [-0.39, 0.29) is 30.7 Å². The average molecular weight is 470 g/mol. The number of carbonyl (C=O) groups excluding carboxylic acids is 3. The zero-order chi connectivity index (χ0) is 24.3. The quantitative estimate of drug-likeness (QED) is 0.512. The number of rotatable bonds is 7. The monoisotopic (exact) mass is 469 g/mol. The Hall–Kier alpha value is -3.27. The zero-order valence-electron chi connectivity index (χ0n) is 20.0. The van der Waals surface area contributed by atoms with Crippen LogP contribution in [0.25, 0.3) is 0 Å². The summed E-state index contributed by atoms with van der Waals surface area (Å²) in [6.07, 6.45) is 5.16. The van der Waals surface area contributed by atoms with E-state index in [1.807, 2.05) is 44.4 Å². The van der Waals surface area contributed by atoms with Crippen molar-refractivity contribution in [2.45, 2.75) is 63.7 Å². The minimum Gasteiger partial charge on any atom is -0.349 e. The van der Waals surface area contributed by atoms with Crippen LogP contribution in [0.1, 0.15) is 43.4 Å². The molecule has 2 atom stereocenters. The van der Waals surface area contributed by atoms with Gasteiger partial charge in [-0.05, 0) is 51.9 Å². The molecule has 3 amide bonds. The van der Waals surface area contributed by atoms with E-state index in [1.54, 1.807) is 10.9 Å². The fraction of sp³-hybridized carbons (Fsp3) is 0.542. The Morgan fingerprint density at radius 1 is 1.03 bits per heavy atom. The summed E-state index contributed by atoms with van der Waals surface area (Å²) < 4.78 is 1.66. The van der Waals surface area contributed by atoms with Crippen molar-refractivity contribution in [1.29, 1.82) is 0 Å². The first kappa shape index (κ1) is 25.4. The first-order chi connectivity index (χ1) is 16.4. The lowest BCUT2D eigenvalue weighted by Gasteiger charge is -2.23. The predicted molar refractivity (Wildman–Crippen MR) is 128 cm³/mol. The molecule has 0 fully saturated rings. The number of amides is 3. The first-order valence-corrected chi connectivity index (χ1v) is 11.9. The Labute approximate surface area is 200 Å². The van der Waals surface area contributed by atoms with E-state index in [0.29, 0.717) is 31.5 Å². The summed E-state index contributed by atoms with van der Waals surface area (Å²) in [5.74, 6) is -0.834. The highest BCUT2D eigenvalue weighted by atomic mass is 16.2. The SMILES string of the molecule is CN(C)CCCC[C@@H]1NC(=O)CCCn2cc(nn2)CNC(=O)[C@@H](Cc2ccccc2)NC1=O. The molecule has 0 unspecified atom stereocenters. The summed E-state index contributed by atoms with van der Waals surface area (Å²) in [7, 11) is 4.01. The van der Waals surface area contributed by atoms with Gasteiger partial charge in [-0.25, -0.2) is 0 Å². The van der Waals surface area contributed by atoms with Gasteiger partial charge in [-0.1, -0.05) is 35.5 Å². The van der Waals surface area contributed by atoms with Crippen molar-refractivity contribution < 1.29 is 14.4 Å². The topological polar surface area (TPSA) is 121 Å². The maximum Gasteiger partial charge on any atom is 0.243 e. The van der Waals surface area contributed by atoms with Crippen LogP contribution in [-0.4, -0.2) is 70.3 Å². The van der Waals surface area contributed by atoms with E-state index in [2.05, 4.69) is 31.2 Å². The number of hydrogen-bond acceptors (Lipinski definition) is 6. The third-order valence-electron chi connectivity index (χ3n) is 5.74. The van der Waals surface area contributed by atoms with Gasteiger partial charge in [0.05, 0.1) is 12.7 Å². The molecule has 2 bridgehead atoms. The third kappa shape index (κ3) is 8.26. The van der Waals surface area contributed by atoms with Crippen LogP contribution >= 0.6 is 0 Å². The van der Waals surface area contributed by atoms with Crippen LogP contribution in [0, 0.1) is 0 Å². The molecule has 34 heavy (non-hydrogen) atoms. The van der Waals surface area contributed by atoms with Gasteiger partial charge in [0, 0.05) is 19.4 Å². The van der Waals surface area contributed by atoms with Gasteiger partial charge in [0.25, 0.3) is 0 Å². The number of carbonyl (C=O) groups is 3. The molecule has 0 aliphatic carbocycles. The standard InChI is InChI=1S/C24H35N7O3/c1-30(2)13-7-6-11-20-24(34)27-21(15-18-9-4-3-5-10-18)23(33)25-16-19-17-31(29-28-19)14-8-12-22(32)26-20/h3-5,9-10,17,20-21H,6-8,11-16H2,1-2H3,(H,25,33)(H,26,32)(H,27,34)/t20-,21+/m0/s1. The molecule has 1 aromatic carbocycles. The Balaban J connectivity index is 1.77. The van der Waals surface area contributed by atoms with Gasteiger partial charge >= 0.3 is 0 Å². The summed E-state index contributed by atoms with van der Waals surface area (Å²) in [6.45, 7) is 1.65. The summed E-state index contributed by atoms with van der Waals surface area (Å²) in [6, 6.07) is 8.06. The zero-order valence-corrected chi connectivity index (χ0v) is 20.0. The van der Waals surface area contributed by atoms with E-state index in [1.165, 1.54) is 0 Å². The first-order valence-electron chi connectivity index (χ1n) is 11.9. The van der Waals surface area contributed by atoms with Gasteiger partial charge < -0.3 is 20.9 Å². The van der Waals surface area contributed by atoms with Crippen LogP contribution in [0.3, 0.4) is 0 Å². The minimum absolute atomic E-state index is 0.188. The van der Waals surface area contributed by atoms with Gasteiger partial charge in [0.1, 0.15) is 17.8 Å². The number of hydrogen-bond donors (Lipinski definition) is 3. The van der Waals surface area contributed by atoms with Crippen molar-refractivity contribution in [1.82, 2.24) is 35.8 Å².